The molecule has 0 aromatic heterocycles. The zero-order valence-corrected chi connectivity index (χ0v) is 11.1. The number of nitro benzene ring substituents is 1. The van der Waals surface area contributed by atoms with Crippen LogP contribution in [0.4, 0.5) is 11.4 Å². The van der Waals surface area contributed by atoms with Gasteiger partial charge < -0.3 is 14.7 Å². The molecule has 0 saturated heterocycles. The van der Waals surface area contributed by atoms with Crippen LogP contribution in [0.5, 0.6) is 0 Å². The summed E-state index contributed by atoms with van der Waals surface area (Å²) < 4.78 is 5.01. The Kier molecular flexibility index (Phi) is 4.19. The van der Waals surface area contributed by atoms with Crippen LogP contribution < -0.4 is 4.90 Å². The fraction of sp³-hybridized carbons (Fsp3) is 0.462. The molecule has 1 aliphatic carbocycles. The molecule has 0 atom stereocenters. The Morgan fingerprint density at radius 1 is 1.55 bits per heavy atom. The number of anilines is 1. The lowest BCUT2D eigenvalue weighted by molar-refractivity contribution is -0.384. The molecule has 1 aromatic carbocycles. The molecular weight excluding hydrogens is 264 g/mol. The number of ether oxygens (including phenoxy) is 1. The number of para-hydroxylation sites is 1. The maximum absolute atomic E-state index is 11.3. The summed E-state index contributed by atoms with van der Waals surface area (Å²) in [7, 11) is 1.54. The van der Waals surface area contributed by atoms with Crippen LogP contribution in [0.25, 0.3) is 0 Å². The first-order valence-corrected chi connectivity index (χ1v) is 6.32. The largest absolute Gasteiger partial charge is 0.478 e. The Balaban J connectivity index is 2.49. The van der Waals surface area contributed by atoms with Gasteiger partial charge in [-0.15, -0.1) is 0 Å². The minimum atomic E-state index is -1.16. The van der Waals surface area contributed by atoms with Crippen molar-refractivity contribution in [2.45, 2.75) is 18.9 Å². The molecule has 1 fully saturated rings. The molecule has 1 saturated carbocycles. The number of hydrogen-bond acceptors (Lipinski definition) is 5. The van der Waals surface area contributed by atoms with Crippen LogP contribution in [0.3, 0.4) is 0 Å². The van der Waals surface area contributed by atoms with Crippen molar-refractivity contribution in [1.82, 2.24) is 0 Å². The van der Waals surface area contributed by atoms with Gasteiger partial charge >= 0.3 is 5.97 Å². The Morgan fingerprint density at radius 3 is 2.75 bits per heavy atom. The molecule has 7 nitrogen and oxygen atoms in total. The number of carboxylic acids is 1. The maximum Gasteiger partial charge on any atom is 0.338 e. The van der Waals surface area contributed by atoms with Crippen molar-refractivity contribution in [1.29, 1.82) is 0 Å². The Hall–Kier alpha value is -2.15. The third kappa shape index (κ3) is 2.88. The molecule has 0 aliphatic heterocycles. The van der Waals surface area contributed by atoms with Crippen LogP contribution >= 0.6 is 0 Å². The first-order valence-electron chi connectivity index (χ1n) is 6.32. The Bertz CT molecular complexity index is 495. The normalized spacial score (nSPS) is 14.1. The number of benzene rings is 1. The molecular formula is C13H16N2O5. The monoisotopic (exact) mass is 280 g/mol. The topological polar surface area (TPSA) is 92.9 Å². The number of aromatic carboxylic acids is 1. The van der Waals surface area contributed by atoms with E-state index in [-0.39, 0.29) is 23.0 Å². The van der Waals surface area contributed by atoms with Crippen molar-refractivity contribution in [2.75, 3.05) is 25.2 Å². The molecule has 0 amide bonds. The summed E-state index contributed by atoms with van der Waals surface area (Å²) in [5.41, 5.74) is -0.0281. The molecule has 1 N–H and O–H groups in total. The zero-order chi connectivity index (χ0) is 14.7. The van der Waals surface area contributed by atoms with E-state index in [4.69, 9.17) is 4.74 Å². The van der Waals surface area contributed by atoms with Crippen LogP contribution in [-0.4, -0.2) is 42.3 Å². The number of carbonyl (C=O) groups is 1. The first-order chi connectivity index (χ1) is 9.56. The quantitative estimate of drug-likeness (QED) is 0.605. The lowest BCUT2D eigenvalue weighted by Gasteiger charge is -2.25. The summed E-state index contributed by atoms with van der Waals surface area (Å²) in [4.78, 5) is 23.8. The third-order valence-electron chi connectivity index (χ3n) is 3.25. The van der Waals surface area contributed by atoms with E-state index in [1.807, 2.05) is 0 Å². The number of carboxylic acid groups (broad SMARTS) is 1. The Morgan fingerprint density at radius 2 is 2.25 bits per heavy atom. The van der Waals surface area contributed by atoms with Crippen LogP contribution in [-0.2, 0) is 4.74 Å². The molecule has 0 unspecified atom stereocenters. The summed E-state index contributed by atoms with van der Waals surface area (Å²) in [6.45, 7) is 0.827. The highest BCUT2D eigenvalue weighted by Gasteiger charge is 2.35. The van der Waals surface area contributed by atoms with E-state index in [0.717, 1.165) is 12.8 Å². The molecule has 1 aliphatic rings. The van der Waals surface area contributed by atoms with Crippen molar-refractivity contribution in [3.8, 4) is 0 Å². The average Bonchev–Trinajstić information content (AvgIpc) is 3.23. The second kappa shape index (κ2) is 5.87. The van der Waals surface area contributed by atoms with Crippen molar-refractivity contribution in [2.24, 2.45) is 0 Å². The maximum atomic E-state index is 11.3. The van der Waals surface area contributed by atoms with Gasteiger partial charge in [-0.2, -0.15) is 0 Å². The van der Waals surface area contributed by atoms with Gasteiger partial charge in [-0.3, -0.25) is 10.1 Å². The predicted molar refractivity (Wildman–Crippen MR) is 72.3 cm³/mol. The van der Waals surface area contributed by atoms with Crippen LogP contribution in [0.2, 0.25) is 0 Å². The van der Waals surface area contributed by atoms with E-state index in [1.54, 1.807) is 12.0 Å². The summed E-state index contributed by atoms with van der Waals surface area (Å²) >= 11 is 0. The first kappa shape index (κ1) is 14.3. The van der Waals surface area contributed by atoms with Crippen molar-refractivity contribution in [3.63, 3.8) is 0 Å². The molecule has 108 valence electrons. The smallest absolute Gasteiger partial charge is 0.338 e. The molecule has 1 aromatic rings. The summed E-state index contributed by atoms with van der Waals surface area (Å²) in [6.07, 6.45) is 1.82. The van der Waals surface area contributed by atoms with Crippen molar-refractivity contribution < 1.29 is 19.6 Å². The number of nitrogens with zero attached hydrogens (tertiary/aromatic N) is 2. The average molecular weight is 280 g/mol. The van der Waals surface area contributed by atoms with Crippen LogP contribution in [0, 0.1) is 10.1 Å². The van der Waals surface area contributed by atoms with Gasteiger partial charge in [0.2, 0.25) is 0 Å². The molecule has 20 heavy (non-hydrogen) atoms. The van der Waals surface area contributed by atoms with Gasteiger partial charge in [0.25, 0.3) is 5.69 Å². The lowest BCUT2D eigenvalue weighted by atomic mass is 10.1. The molecule has 0 spiro atoms. The molecule has 2 rings (SSSR count). The number of methoxy groups -OCH3 is 1. The van der Waals surface area contributed by atoms with E-state index >= 15 is 0 Å². The highest BCUT2D eigenvalue weighted by molar-refractivity contribution is 5.97. The van der Waals surface area contributed by atoms with Crippen LogP contribution in [0.1, 0.15) is 23.2 Å². The van der Waals surface area contributed by atoms with Crippen molar-refractivity contribution >= 4 is 17.3 Å². The standard InChI is InChI=1S/C13H16N2O5/c1-20-8-7-14(9-5-6-9)12-10(13(16)17)3-2-4-11(12)15(18)19/h2-4,9H,5-8H2,1H3,(H,16,17). The highest BCUT2D eigenvalue weighted by Crippen LogP contribution is 2.39. The third-order valence-corrected chi connectivity index (χ3v) is 3.25. The van der Waals surface area contributed by atoms with E-state index in [0.29, 0.717) is 13.2 Å². The Labute approximate surface area is 115 Å². The molecule has 0 heterocycles. The fourth-order valence-electron chi connectivity index (χ4n) is 2.21. The zero-order valence-electron chi connectivity index (χ0n) is 11.1. The number of hydrogen-bond donors (Lipinski definition) is 1. The van der Waals surface area contributed by atoms with Crippen LogP contribution in [0.15, 0.2) is 18.2 Å². The summed E-state index contributed by atoms with van der Waals surface area (Å²) in [5.74, 6) is -1.16. The molecule has 0 radical (unpaired) electrons. The van der Waals surface area contributed by atoms with Gasteiger partial charge in [0.15, 0.2) is 0 Å². The van der Waals surface area contributed by atoms with E-state index in [2.05, 4.69) is 0 Å². The van der Waals surface area contributed by atoms with Gasteiger partial charge in [0.1, 0.15) is 5.69 Å². The lowest BCUT2D eigenvalue weighted by Crippen LogP contribution is -2.31. The van der Waals surface area contributed by atoms with Gasteiger partial charge in [0.05, 0.1) is 17.1 Å². The van der Waals surface area contributed by atoms with E-state index in [1.165, 1.54) is 18.2 Å². The highest BCUT2D eigenvalue weighted by atomic mass is 16.6. The van der Waals surface area contributed by atoms with Crippen molar-refractivity contribution in [3.05, 3.63) is 33.9 Å². The van der Waals surface area contributed by atoms with Gasteiger partial charge in [-0.05, 0) is 18.9 Å². The number of rotatable bonds is 7. The summed E-state index contributed by atoms with van der Waals surface area (Å²) in [5, 5.41) is 20.4. The second-order valence-electron chi connectivity index (χ2n) is 4.65. The fourth-order valence-corrected chi connectivity index (χ4v) is 2.21. The SMILES string of the molecule is COCCN(c1c(C(=O)O)cccc1[N+](=O)[O-])C1CC1. The molecule has 7 heteroatoms. The van der Waals surface area contributed by atoms with Gasteiger partial charge in [-0.1, -0.05) is 6.07 Å². The summed E-state index contributed by atoms with van der Waals surface area (Å²) in [6, 6.07) is 4.29. The van der Waals surface area contributed by atoms with E-state index in [9.17, 15) is 20.0 Å². The molecule has 0 bridgehead atoms. The van der Waals surface area contributed by atoms with Gasteiger partial charge in [0, 0.05) is 25.8 Å². The predicted octanol–water partition coefficient (Wildman–Crippen LogP) is 1.91. The minimum absolute atomic E-state index is 0.0396. The number of nitro groups is 1. The second-order valence-corrected chi connectivity index (χ2v) is 4.65. The van der Waals surface area contributed by atoms with E-state index < -0.39 is 10.9 Å². The van der Waals surface area contributed by atoms with Gasteiger partial charge in [-0.25, -0.2) is 4.79 Å². The minimum Gasteiger partial charge on any atom is -0.478 e.